The third-order valence-corrected chi connectivity index (χ3v) is 5.08. The molecule has 1 saturated carbocycles. The molecule has 1 heterocycles. The Balaban J connectivity index is 1.89. The van der Waals surface area contributed by atoms with Crippen molar-refractivity contribution in [3.8, 4) is 0 Å². The van der Waals surface area contributed by atoms with E-state index in [9.17, 15) is 0 Å². The summed E-state index contributed by atoms with van der Waals surface area (Å²) in [6.07, 6.45) is 10.5. The maximum atomic E-state index is 6.29. The summed E-state index contributed by atoms with van der Waals surface area (Å²) in [5.74, 6) is 0. The van der Waals surface area contributed by atoms with Gasteiger partial charge in [0.2, 0.25) is 0 Å². The van der Waals surface area contributed by atoms with Crippen LogP contribution in [0.3, 0.4) is 0 Å². The first-order valence-electron chi connectivity index (χ1n) is 6.63. The number of benzene rings is 1. The number of aromatic nitrogens is 1. The smallest absolute Gasteiger partial charge is 0.0533 e. The maximum absolute atomic E-state index is 6.29. The monoisotopic (exact) mass is 258 g/mol. The lowest BCUT2D eigenvalue weighted by molar-refractivity contribution is 0.516. The van der Waals surface area contributed by atoms with Crippen LogP contribution in [0.2, 0.25) is 0 Å². The molecule has 0 saturated heterocycles. The Bertz CT molecular complexity index is 547. The van der Waals surface area contributed by atoms with Crippen molar-refractivity contribution in [1.29, 1.82) is 0 Å². The van der Waals surface area contributed by atoms with Crippen molar-refractivity contribution in [1.82, 2.24) is 4.98 Å². The van der Waals surface area contributed by atoms with Gasteiger partial charge in [0.1, 0.15) is 0 Å². The van der Waals surface area contributed by atoms with E-state index in [1.807, 2.05) is 30.2 Å². The number of rotatable bonds is 2. The number of nitrogens with two attached hydrogens (primary N) is 1. The van der Waals surface area contributed by atoms with Gasteiger partial charge in [0.25, 0.3) is 0 Å². The molecule has 0 unspecified atom stereocenters. The zero-order chi connectivity index (χ0) is 12.4. The Hall–Kier alpha value is -1.22. The lowest BCUT2D eigenvalue weighted by Crippen LogP contribution is -2.08. The molecule has 1 aliphatic carbocycles. The number of hydrogen-bond donors (Lipinski definition) is 1. The summed E-state index contributed by atoms with van der Waals surface area (Å²) in [5, 5.41) is 3.01. The zero-order valence-electron chi connectivity index (χ0n) is 10.4. The molecule has 0 aliphatic heterocycles. The molecule has 0 radical (unpaired) electrons. The highest BCUT2D eigenvalue weighted by Gasteiger charge is 2.16. The first-order valence-corrected chi connectivity index (χ1v) is 7.51. The third-order valence-electron chi connectivity index (χ3n) is 3.67. The Kier molecular flexibility index (Phi) is 3.41. The van der Waals surface area contributed by atoms with Crippen molar-refractivity contribution in [2.45, 2.75) is 42.2 Å². The number of nitrogens with zero attached hydrogens (tertiary/aromatic N) is 1. The fraction of sp³-hybridized carbons (Fsp3) is 0.400. The van der Waals surface area contributed by atoms with Crippen LogP contribution in [0.25, 0.3) is 10.8 Å². The SMILES string of the molecule is Nc1c(SC2CCCCC2)ccc2cnccc12. The molecule has 0 bridgehead atoms. The van der Waals surface area contributed by atoms with Crippen LogP contribution >= 0.6 is 11.8 Å². The van der Waals surface area contributed by atoms with Gasteiger partial charge in [0.15, 0.2) is 0 Å². The molecule has 94 valence electrons. The maximum Gasteiger partial charge on any atom is 0.0533 e. The fourth-order valence-corrected chi connectivity index (χ4v) is 3.95. The first kappa shape index (κ1) is 11.8. The molecule has 3 heteroatoms. The molecule has 3 rings (SSSR count). The van der Waals surface area contributed by atoms with Crippen molar-refractivity contribution in [3.05, 3.63) is 30.6 Å². The highest BCUT2D eigenvalue weighted by Crippen LogP contribution is 2.38. The first-order chi connectivity index (χ1) is 8.84. The largest absolute Gasteiger partial charge is 0.397 e. The highest BCUT2D eigenvalue weighted by molar-refractivity contribution is 8.00. The van der Waals surface area contributed by atoms with E-state index in [2.05, 4.69) is 17.1 Å². The molecule has 2 N–H and O–H groups in total. The van der Waals surface area contributed by atoms with Gasteiger partial charge in [0, 0.05) is 33.3 Å². The fourth-order valence-electron chi connectivity index (χ4n) is 2.64. The van der Waals surface area contributed by atoms with E-state index < -0.39 is 0 Å². The van der Waals surface area contributed by atoms with Gasteiger partial charge in [-0.1, -0.05) is 25.3 Å². The van der Waals surface area contributed by atoms with Crippen LogP contribution in [0.1, 0.15) is 32.1 Å². The molecule has 0 amide bonds. The van der Waals surface area contributed by atoms with E-state index in [-0.39, 0.29) is 0 Å². The minimum Gasteiger partial charge on any atom is -0.397 e. The van der Waals surface area contributed by atoms with E-state index in [0.717, 1.165) is 21.7 Å². The molecule has 0 atom stereocenters. The summed E-state index contributed by atoms with van der Waals surface area (Å²) in [6, 6.07) is 6.29. The average Bonchev–Trinajstić information content (AvgIpc) is 2.43. The van der Waals surface area contributed by atoms with Gasteiger partial charge in [-0.25, -0.2) is 0 Å². The summed E-state index contributed by atoms with van der Waals surface area (Å²) in [4.78, 5) is 5.37. The van der Waals surface area contributed by atoms with E-state index in [1.165, 1.54) is 37.0 Å². The molecule has 2 nitrogen and oxygen atoms in total. The molecule has 18 heavy (non-hydrogen) atoms. The van der Waals surface area contributed by atoms with Gasteiger partial charge in [-0.15, -0.1) is 11.8 Å². The predicted molar refractivity (Wildman–Crippen MR) is 78.9 cm³/mol. The molecule has 1 aliphatic rings. The van der Waals surface area contributed by atoms with Gasteiger partial charge in [-0.05, 0) is 25.0 Å². The molecule has 1 fully saturated rings. The molecular formula is C15H18N2S. The quantitative estimate of drug-likeness (QED) is 0.819. The summed E-state index contributed by atoms with van der Waals surface area (Å²) < 4.78 is 0. The zero-order valence-corrected chi connectivity index (χ0v) is 11.2. The van der Waals surface area contributed by atoms with Crippen LogP contribution in [0, 0.1) is 0 Å². The van der Waals surface area contributed by atoms with Crippen LogP contribution < -0.4 is 5.73 Å². The van der Waals surface area contributed by atoms with Crippen LogP contribution in [-0.4, -0.2) is 10.2 Å². The normalized spacial score (nSPS) is 17.1. The Morgan fingerprint density at radius 3 is 2.78 bits per heavy atom. The average molecular weight is 258 g/mol. The Morgan fingerprint density at radius 2 is 1.94 bits per heavy atom. The van der Waals surface area contributed by atoms with E-state index in [0.29, 0.717) is 0 Å². The van der Waals surface area contributed by atoms with E-state index in [4.69, 9.17) is 5.73 Å². The van der Waals surface area contributed by atoms with Crippen LogP contribution in [0.4, 0.5) is 5.69 Å². The van der Waals surface area contributed by atoms with Crippen molar-refractivity contribution in [2.24, 2.45) is 0 Å². The summed E-state index contributed by atoms with van der Waals surface area (Å²) in [5.41, 5.74) is 7.21. The van der Waals surface area contributed by atoms with E-state index in [1.54, 1.807) is 0 Å². The molecule has 1 aromatic heterocycles. The van der Waals surface area contributed by atoms with E-state index >= 15 is 0 Å². The van der Waals surface area contributed by atoms with Gasteiger partial charge in [-0.2, -0.15) is 0 Å². The number of pyridine rings is 1. The Morgan fingerprint density at radius 1 is 1.11 bits per heavy atom. The van der Waals surface area contributed by atoms with Gasteiger partial charge in [-0.3, -0.25) is 4.98 Å². The summed E-state index contributed by atoms with van der Waals surface area (Å²) in [7, 11) is 0. The van der Waals surface area contributed by atoms with Gasteiger partial charge in [0.05, 0.1) is 5.69 Å². The minimum absolute atomic E-state index is 0.750. The second-order valence-electron chi connectivity index (χ2n) is 4.95. The summed E-state index contributed by atoms with van der Waals surface area (Å²) in [6.45, 7) is 0. The van der Waals surface area contributed by atoms with Crippen molar-refractivity contribution in [3.63, 3.8) is 0 Å². The van der Waals surface area contributed by atoms with Crippen molar-refractivity contribution >= 4 is 28.2 Å². The van der Waals surface area contributed by atoms with Gasteiger partial charge >= 0.3 is 0 Å². The number of fused-ring (bicyclic) bond motifs is 1. The number of hydrogen-bond acceptors (Lipinski definition) is 3. The second kappa shape index (κ2) is 5.19. The predicted octanol–water partition coefficient (Wildman–Crippen LogP) is 4.24. The third kappa shape index (κ3) is 2.32. The number of thioether (sulfide) groups is 1. The number of nitrogen functional groups attached to an aromatic ring is 1. The van der Waals surface area contributed by atoms with Crippen molar-refractivity contribution < 1.29 is 0 Å². The molecule has 1 aromatic carbocycles. The van der Waals surface area contributed by atoms with Crippen LogP contribution in [0.5, 0.6) is 0 Å². The second-order valence-corrected chi connectivity index (χ2v) is 6.29. The summed E-state index contributed by atoms with van der Waals surface area (Å²) >= 11 is 1.96. The standard InChI is InChI=1S/C15H18N2S/c16-15-13-8-9-17-10-11(13)6-7-14(15)18-12-4-2-1-3-5-12/h6-10,12H,1-5,16H2. The minimum atomic E-state index is 0.750. The van der Waals surface area contributed by atoms with Gasteiger partial charge < -0.3 is 5.73 Å². The number of anilines is 1. The highest BCUT2D eigenvalue weighted by atomic mass is 32.2. The molecule has 2 aromatic rings. The lowest BCUT2D eigenvalue weighted by atomic mass is 10.0. The van der Waals surface area contributed by atoms with Crippen molar-refractivity contribution in [2.75, 3.05) is 5.73 Å². The van der Waals surface area contributed by atoms with Crippen LogP contribution in [0.15, 0.2) is 35.5 Å². The van der Waals surface area contributed by atoms with Crippen LogP contribution in [-0.2, 0) is 0 Å². The lowest BCUT2D eigenvalue weighted by Gasteiger charge is -2.21. The Labute approximate surface area is 112 Å². The molecular weight excluding hydrogens is 240 g/mol. The topological polar surface area (TPSA) is 38.9 Å². The molecule has 0 spiro atoms.